The highest BCUT2D eigenvalue weighted by atomic mass is 35.5. The van der Waals surface area contributed by atoms with Crippen LogP contribution in [-0.2, 0) is 0 Å². The number of nitrogens with two attached hydrogens (primary N) is 1. The van der Waals surface area contributed by atoms with Gasteiger partial charge in [-0.2, -0.15) is 0 Å². The molecule has 0 saturated carbocycles. The van der Waals surface area contributed by atoms with Crippen LogP contribution in [0.4, 0.5) is 5.95 Å². The van der Waals surface area contributed by atoms with Crippen LogP contribution in [0.25, 0.3) is 0 Å². The van der Waals surface area contributed by atoms with E-state index in [4.69, 9.17) is 22.4 Å². The Morgan fingerprint density at radius 3 is 2.28 bits per heavy atom. The van der Waals surface area contributed by atoms with Crippen LogP contribution < -0.4 is 5.73 Å². The molecule has 0 aliphatic heterocycles. The van der Waals surface area contributed by atoms with Crippen LogP contribution in [0.15, 0.2) is 36.4 Å². The van der Waals surface area contributed by atoms with Crippen molar-refractivity contribution in [2.45, 2.75) is 6.92 Å². The van der Waals surface area contributed by atoms with Gasteiger partial charge in [-0.05, 0) is 25.1 Å². The number of nitrogen functional groups attached to an aromatic ring is 1. The summed E-state index contributed by atoms with van der Waals surface area (Å²) in [5, 5.41) is 8.77. The zero-order chi connectivity index (χ0) is 13.5. The fourth-order valence-electron chi connectivity index (χ4n) is 1.13. The largest absolute Gasteiger partial charge is 0.478 e. The number of aromatic carboxylic acids is 1. The van der Waals surface area contributed by atoms with Gasteiger partial charge in [0.05, 0.1) is 5.56 Å². The number of halogens is 1. The Bertz CT molecular complexity index is 482. The van der Waals surface area contributed by atoms with Crippen LogP contribution in [-0.4, -0.2) is 21.0 Å². The van der Waals surface area contributed by atoms with Gasteiger partial charge in [-0.15, -0.1) is 0 Å². The Hall–Kier alpha value is -2.14. The molecule has 18 heavy (non-hydrogen) atoms. The fraction of sp³-hybridized carbons (Fsp3) is 0.0833. The van der Waals surface area contributed by atoms with Gasteiger partial charge in [0, 0.05) is 5.69 Å². The predicted octanol–water partition coefficient (Wildman–Crippen LogP) is 2.41. The summed E-state index contributed by atoms with van der Waals surface area (Å²) in [6.07, 6.45) is 0. The highest BCUT2D eigenvalue weighted by Crippen LogP contribution is 2.06. The lowest BCUT2D eigenvalue weighted by molar-refractivity contribution is 0.0697. The summed E-state index contributed by atoms with van der Waals surface area (Å²) in [7, 11) is 0. The molecule has 0 aliphatic carbocycles. The molecule has 5 nitrogen and oxygen atoms in total. The molecule has 0 unspecified atom stereocenters. The second kappa shape index (κ2) is 6.56. The van der Waals surface area contributed by atoms with Crippen molar-refractivity contribution in [3.63, 3.8) is 0 Å². The first-order valence-corrected chi connectivity index (χ1v) is 5.42. The molecule has 0 fully saturated rings. The van der Waals surface area contributed by atoms with Crippen LogP contribution in [0, 0.1) is 6.92 Å². The number of rotatable bonds is 1. The molecule has 0 atom stereocenters. The Labute approximate surface area is 109 Å². The van der Waals surface area contributed by atoms with Crippen LogP contribution in [0.3, 0.4) is 0 Å². The van der Waals surface area contributed by atoms with E-state index in [2.05, 4.69) is 9.97 Å². The van der Waals surface area contributed by atoms with Crippen LogP contribution in [0.5, 0.6) is 0 Å². The smallest absolute Gasteiger partial charge is 0.335 e. The molecule has 3 N–H and O–H groups in total. The van der Waals surface area contributed by atoms with Crippen molar-refractivity contribution in [1.82, 2.24) is 9.97 Å². The fourth-order valence-corrected chi connectivity index (χ4v) is 1.38. The standard InChI is InChI=1S/C7H6O2.C5H6ClN3/c8-7(9)6-4-2-1-3-5-6;1-3-2-4(6)9-5(7)8-3/h1-5H,(H,8,9);2H,1H3,(H2,7,8,9). The number of aryl methyl sites for hydroxylation is 1. The zero-order valence-electron chi connectivity index (χ0n) is 9.67. The number of carboxylic acids is 1. The molecule has 6 heteroatoms. The van der Waals surface area contributed by atoms with Crippen molar-refractivity contribution in [2.75, 3.05) is 5.73 Å². The summed E-state index contributed by atoms with van der Waals surface area (Å²) < 4.78 is 0. The molecule has 2 rings (SSSR count). The summed E-state index contributed by atoms with van der Waals surface area (Å²) in [5.74, 6) is -0.657. The number of hydrogen-bond donors (Lipinski definition) is 2. The van der Waals surface area contributed by atoms with Gasteiger partial charge >= 0.3 is 5.97 Å². The van der Waals surface area contributed by atoms with Crippen molar-refractivity contribution in [3.8, 4) is 0 Å². The van der Waals surface area contributed by atoms with E-state index in [0.29, 0.717) is 10.7 Å². The van der Waals surface area contributed by atoms with Crippen LogP contribution in [0.1, 0.15) is 16.1 Å². The van der Waals surface area contributed by atoms with Crippen molar-refractivity contribution < 1.29 is 9.90 Å². The maximum absolute atomic E-state index is 10.2. The monoisotopic (exact) mass is 265 g/mol. The van der Waals surface area contributed by atoms with Gasteiger partial charge in [0.1, 0.15) is 5.15 Å². The molecule has 0 bridgehead atoms. The number of hydrogen-bond acceptors (Lipinski definition) is 4. The predicted molar refractivity (Wildman–Crippen MR) is 69.6 cm³/mol. The minimum Gasteiger partial charge on any atom is -0.478 e. The number of benzene rings is 1. The molecule has 0 amide bonds. The maximum atomic E-state index is 10.2. The minimum atomic E-state index is -0.879. The average molecular weight is 266 g/mol. The second-order valence-corrected chi connectivity index (χ2v) is 3.75. The number of aromatic nitrogens is 2. The van der Waals surface area contributed by atoms with E-state index in [1.807, 2.05) is 6.92 Å². The van der Waals surface area contributed by atoms with E-state index in [0.717, 1.165) is 5.69 Å². The van der Waals surface area contributed by atoms with Gasteiger partial charge in [-0.1, -0.05) is 29.8 Å². The third-order valence-corrected chi connectivity index (χ3v) is 2.05. The van der Waals surface area contributed by atoms with Gasteiger partial charge in [0.15, 0.2) is 0 Å². The van der Waals surface area contributed by atoms with E-state index in [9.17, 15) is 4.79 Å². The average Bonchev–Trinajstić information content (AvgIpc) is 2.29. The summed E-state index contributed by atoms with van der Waals surface area (Å²) in [6.45, 7) is 1.81. The molecule has 1 aromatic heterocycles. The molecule has 94 valence electrons. The first-order chi connectivity index (χ1) is 8.49. The Kier molecular flexibility index (Phi) is 5.07. The van der Waals surface area contributed by atoms with E-state index in [1.165, 1.54) is 0 Å². The van der Waals surface area contributed by atoms with E-state index in [1.54, 1.807) is 36.4 Å². The summed E-state index contributed by atoms with van der Waals surface area (Å²) >= 11 is 5.52. The van der Waals surface area contributed by atoms with Gasteiger partial charge < -0.3 is 10.8 Å². The van der Waals surface area contributed by atoms with Gasteiger partial charge in [-0.3, -0.25) is 0 Å². The lowest BCUT2D eigenvalue weighted by Crippen LogP contribution is -1.95. The molecular weight excluding hydrogens is 254 g/mol. The lowest BCUT2D eigenvalue weighted by atomic mass is 10.2. The summed E-state index contributed by atoms with van der Waals surface area (Å²) in [5.41, 5.74) is 6.37. The van der Waals surface area contributed by atoms with E-state index < -0.39 is 5.97 Å². The molecule has 2 aromatic rings. The summed E-state index contributed by atoms with van der Waals surface area (Å²) in [6, 6.07) is 9.95. The first kappa shape index (κ1) is 13.9. The number of carboxylic acid groups (broad SMARTS) is 1. The van der Waals surface area contributed by atoms with Crippen molar-refractivity contribution in [2.24, 2.45) is 0 Å². The van der Waals surface area contributed by atoms with Gasteiger partial charge in [-0.25, -0.2) is 14.8 Å². The third kappa shape index (κ3) is 4.80. The zero-order valence-corrected chi connectivity index (χ0v) is 10.4. The maximum Gasteiger partial charge on any atom is 0.335 e. The van der Waals surface area contributed by atoms with Gasteiger partial charge in [0.25, 0.3) is 0 Å². The lowest BCUT2D eigenvalue weighted by Gasteiger charge is -1.93. The highest BCUT2D eigenvalue weighted by Gasteiger charge is 1.96. The molecule has 0 spiro atoms. The van der Waals surface area contributed by atoms with Crippen LogP contribution >= 0.6 is 11.6 Å². The SMILES string of the molecule is Cc1cc(Cl)nc(N)n1.O=C(O)c1ccccc1. The van der Waals surface area contributed by atoms with E-state index in [-0.39, 0.29) is 5.95 Å². The number of carbonyl (C=O) groups is 1. The number of anilines is 1. The molecule has 0 radical (unpaired) electrons. The minimum absolute atomic E-state index is 0.222. The van der Waals surface area contributed by atoms with Gasteiger partial charge in [0.2, 0.25) is 5.95 Å². The molecule has 0 aliphatic rings. The van der Waals surface area contributed by atoms with Crippen LogP contribution in [0.2, 0.25) is 5.15 Å². The number of nitrogens with zero attached hydrogens (tertiary/aromatic N) is 2. The Morgan fingerprint density at radius 2 is 1.89 bits per heavy atom. The topological polar surface area (TPSA) is 89.1 Å². The normalized spacial score (nSPS) is 9.22. The molecule has 1 aromatic carbocycles. The quantitative estimate of drug-likeness (QED) is 0.773. The van der Waals surface area contributed by atoms with Crippen molar-refractivity contribution >= 4 is 23.5 Å². The first-order valence-electron chi connectivity index (χ1n) is 5.04. The Balaban J connectivity index is 0.000000180. The van der Waals surface area contributed by atoms with E-state index >= 15 is 0 Å². The summed E-state index contributed by atoms with van der Waals surface area (Å²) in [4.78, 5) is 17.7. The molecule has 0 saturated heterocycles. The second-order valence-electron chi connectivity index (χ2n) is 3.36. The Morgan fingerprint density at radius 1 is 1.28 bits per heavy atom. The molecular formula is C12H12ClN3O2. The van der Waals surface area contributed by atoms with Crippen molar-refractivity contribution in [3.05, 3.63) is 52.8 Å². The third-order valence-electron chi connectivity index (χ3n) is 1.86. The highest BCUT2D eigenvalue weighted by molar-refractivity contribution is 6.29. The molecule has 1 heterocycles. The van der Waals surface area contributed by atoms with Crippen molar-refractivity contribution in [1.29, 1.82) is 0 Å².